The van der Waals surface area contributed by atoms with Gasteiger partial charge in [0.05, 0.1) is 11.3 Å². The molecule has 1 N–H and O–H groups in total. The van der Waals surface area contributed by atoms with Crippen molar-refractivity contribution in [2.45, 2.75) is 11.1 Å². The van der Waals surface area contributed by atoms with E-state index in [-0.39, 0.29) is 11.0 Å². The smallest absolute Gasteiger partial charge is 0.345 e. The van der Waals surface area contributed by atoms with Gasteiger partial charge >= 0.3 is 6.18 Å². The number of anilines is 3. The first kappa shape index (κ1) is 27.1. The average Bonchev–Trinajstić information content (AvgIpc) is 3.35. The molecule has 0 unspecified atom stereocenters. The highest BCUT2D eigenvalue weighted by atomic mass is 32.2. The highest BCUT2D eigenvalue weighted by Gasteiger charge is 2.38. The Bertz CT molecular complexity index is 1280. The molecule has 194 valence electrons. The fourth-order valence-electron chi connectivity index (χ4n) is 3.67. The molecule has 1 fully saturated rings. The molecule has 0 aliphatic carbocycles. The zero-order chi connectivity index (χ0) is 26.6. The van der Waals surface area contributed by atoms with Gasteiger partial charge in [-0.3, -0.25) is 4.79 Å². The van der Waals surface area contributed by atoms with E-state index in [1.807, 2.05) is 60.1 Å². The fraction of sp³-hybridized carbons (Fsp3) is 0.292. The second-order valence-corrected chi connectivity index (χ2v) is 11.0. The summed E-state index contributed by atoms with van der Waals surface area (Å²) < 4.78 is 43.4. The van der Waals surface area contributed by atoms with E-state index < -0.39 is 16.7 Å². The SMILES string of the molecule is CSN(C)c1ccccc1C(=O)Nc1ccc(SN2CCN(c3nc(C(F)(F)F)c(C#N)s3)CC2)cc1. The number of para-hydroxylation sites is 1. The molecule has 37 heavy (non-hydrogen) atoms. The van der Waals surface area contributed by atoms with Crippen LogP contribution in [0, 0.1) is 11.3 Å². The summed E-state index contributed by atoms with van der Waals surface area (Å²) in [4.78, 5) is 18.9. The quantitative estimate of drug-likeness (QED) is 0.360. The number of alkyl halides is 3. The summed E-state index contributed by atoms with van der Waals surface area (Å²) in [7, 11) is 1.91. The minimum absolute atomic E-state index is 0.191. The fourth-order valence-corrected chi connectivity index (χ4v) is 5.86. The van der Waals surface area contributed by atoms with Gasteiger partial charge in [-0.05, 0) is 48.3 Å². The summed E-state index contributed by atoms with van der Waals surface area (Å²) in [6.45, 7) is 2.23. The number of halogens is 3. The van der Waals surface area contributed by atoms with Gasteiger partial charge in [-0.25, -0.2) is 9.29 Å². The zero-order valence-electron chi connectivity index (χ0n) is 20.0. The van der Waals surface area contributed by atoms with Crippen LogP contribution in [0.2, 0.25) is 0 Å². The average molecular weight is 565 g/mol. The second-order valence-electron chi connectivity index (χ2n) is 7.97. The highest BCUT2D eigenvalue weighted by Crippen LogP contribution is 2.37. The lowest BCUT2D eigenvalue weighted by molar-refractivity contribution is -0.140. The molecule has 1 aliphatic heterocycles. The molecular formula is C24H23F3N6OS3. The van der Waals surface area contributed by atoms with Crippen molar-refractivity contribution in [3.63, 3.8) is 0 Å². The molecule has 0 radical (unpaired) electrons. The van der Waals surface area contributed by atoms with E-state index in [0.717, 1.165) is 21.9 Å². The molecule has 1 saturated heterocycles. The molecule has 2 heterocycles. The molecule has 0 saturated carbocycles. The van der Waals surface area contributed by atoms with Gasteiger partial charge in [0.2, 0.25) is 0 Å². The molecule has 1 aromatic heterocycles. The largest absolute Gasteiger partial charge is 0.435 e. The minimum atomic E-state index is -4.64. The van der Waals surface area contributed by atoms with Crippen molar-refractivity contribution < 1.29 is 18.0 Å². The monoisotopic (exact) mass is 564 g/mol. The van der Waals surface area contributed by atoms with Crippen molar-refractivity contribution in [2.24, 2.45) is 0 Å². The van der Waals surface area contributed by atoms with Crippen LogP contribution in [0.5, 0.6) is 0 Å². The molecule has 2 aromatic carbocycles. The van der Waals surface area contributed by atoms with Crippen LogP contribution in [0.3, 0.4) is 0 Å². The van der Waals surface area contributed by atoms with Gasteiger partial charge in [-0.2, -0.15) is 18.4 Å². The van der Waals surface area contributed by atoms with E-state index in [9.17, 15) is 18.0 Å². The van der Waals surface area contributed by atoms with Crippen LogP contribution < -0.4 is 14.5 Å². The maximum absolute atomic E-state index is 13.1. The third kappa shape index (κ3) is 6.51. The number of nitrogens with one attached hydrogen (secondary N) is 1. The molecule has 1 amide bonds. The summed E-state index contributed by atoms with van der Waals surface area (Å²) in [5.74, 6) is -0.191. The third-order valence-corrected chi connectivity index (χ3v) is 8.48. The standard InChI is InChI=1S/C24H23F3N6OS3/c1-31(35-2)19-6-4-3-5-18(19)22(34)29-16-7-9-17(10-8-16)37-33-13-11-32(12-14-33)23-30-21(24(25,26)27)20(15-28)36-23/h3-10H,11-14H2,1-2H3,(H,29,34). The number of hydrogen-bond donors (Lipinski definition) is 1. The first-order valence-electron chi connectivity index (χ1n) is 11.1. The molecular weight excluding hydrogens is 542 g/mol. The Labute approximate surface area is 225 Å². The molecule has 3 aromatic rings. The van der Waals surface area contributed by atoms with Crippen LogP contribution in [0.4, 0.5) is 29.7 Å². The number of carbonyl (C=O) groups excluding carboxylic acids is 1. The van der Waals surface area contributed by atoms with E-state index >= 15 is 0 Å². The van der Waals surface area contributed by atoms with Gasteiger partial charge in [-0.1, -0.05) is 35.4 Å². The van der Waals surface area contributed by atoms with Gasteiger partial charge in [-0.15, -0.1) is 0 Å². The number of amides is 1. The lowest BCUT2D eigenvalue weighted by Gasteiger charge is -2.33. The number of nitrogens with zero attached hydrogens (tertiary/aromatic N) is 5. The maximum atomic E-state index is 13.1. The van der Waals surface area contributed by atoms with Gasteiger partial charge in [0.1, 0.15) is 10.9 Å². The van der Waals surface area contributed by atoms with E-state index in [1.165, 1.54) is 11.9 Å². The van der Waals surface area contributed by atoms with Crippen LogP contribution >= 0.6 is 35.2 Å². The summed E-state index contributed by atoms with van der Waals surface area (Å²) in [6.07, 6.45) is -2.70. The number of nitriles is 1. The molecule has 0 atom stereocenters. The number of rotatable bonds is 7. The lowest BCUT2D eigenvalue weighted by atomic mass is 10.1. The Kier molecular flexibility index (Phi) is 8.53. The second kappa shape index (κ2) is 11.6. The maximum Gasteiger partial charge on any atom is 0.435 e. The van der Waals surface area contributed by atoms with E-state index in [0.29, 0.717) is 37.4 Å². The number of hydrogen-bond acceptors (Lipinski definition) is 9. The summed E-state index contributed by atoms with van der Waals surface area (Å²) >= 11 is 3.84. The van der Waals surface area contributed by atoms with E-state index in [4.69, 9.17) is 5.26 Å². The van der Waals surface area contributed by atoms with Crippen molar-refractivity contribution in [1.29, 1.82) is 5.26 Å². The first-order valence-corrected chi connectivity index (χ1v) is 13.9. The van der Waals surface area contributed by atoms with E-state index in [1.54, 1.807) is 29.0 Å². The Morgan fingerprint density at radius 2 is 1.81 bits per heavy atom. The summed E-state index contributed by atoms with van der Waals surface area (Å²) in [5.41, 5.74) is 0.979. The van der Waals surface area contributed by atoms with Crippen LogP contribution in [0.1, 0.15) is 20.9 Å². The number of thiazole rings is 1. The number of aromatic nitrogens is 1. The zero-order valence-corrected chi connectivity index (χ0v) is 22.4. The first-order chi connectivity index (χ1) is 17.7. The minimum Gasteiger partial charge on any atom is -0.345 e. The molecule has 0 bridgehead atoms. The Balaban J connectivity index is 1.33. The van der Waals surface area contributed by atoms with Crippen molar-refractivity contribution in [3.05, 3.63) is 64.7 Å². The van der Waals surface area contributed by atoms with Gasteiger partial charge in [0.25, 0.3) is 5.91 Å². The predicted octanol–water partition coefficient (Wildman–Crippen LogP) is 5.83. The van der Waals surface area contributed by atoms with Crippen LogP contribution in [-0.2, 0) is 6.18 Å². The Morgan fingerprint density at radius 3 is 2.41 bits per heavy atom. The van der Waals surface area contributed by atoms with Crippen LogP contribution in [0.15, 0.2) is 53.4 Å². The Morgan fingerprint density at radius 1 is 1.14 bits per heavy atom. The van der Waals surface area contributed by atoms with Crippen molar-refractivity contribution in [3.8, 4) is 6.07 Å². The Hall–Kier alpha value is -2.92. The van der Waals surface area contributed by atoms with E-state index in [2.05, 4.69) is 14.6 Å². The predicted molar refractivity (Wildman–Crippen MR) is 144 cm³/mol. The van der Waals surface area contributed by atoms with Gasteiger partial charge < -0.3 is 14.5 Å². The van der Waals surface area contributed by atoms with Crippen LogP contribution in [0.25, 0.3) is 0 Å². The lowest BCUT2D eigenvalue weighted by Crippen LogP contribution is -2.43. The highest BCUT2D eigenvalue weighted by molar-refractivity contribution is 7.99. The van der Waals surface area contributed by atoms with Crippen LogP contribution in [-0.4, -0.2) is 54.7 Å². The molecule has 1 aliphatic rings. The van der Waals surface area contributed by atoms with Crippen molar-refractivity contribution >= 4 is 57.6 Å². The molecule has 4 rings (SSSR count). The topological polar surface area (TPSA) is 75.5 Å². The molecule has 0 spiro atoms. The van der Waals surface area contributed by atoms with Crippen molar-refractivity contribution in [2.75, 3.05) is 54.0 Å². The summed E-state index contributed by atoms with van der Waals surface area (Å²) in [6, 6.07) is 16.5. The molecule has 13 heteroatoms. The van der Waals surface area contributed by atoms with Crippen molar-refractivity contribution in [1.82, 2.24) is 9.29 Å². The third-order valence-electron chi connectivity index (χ3n) is 5.60. The number of piperazine rings is 1. The number of carbonyl (C=O) groups is 1. The number of benzene rings is 2. The van der Waals surface area contributed by atoms with Gasteiger partial charge in [0, 0.05) is 50.1 Å². The molecule has 7 nitrogen and oxygen atoms in total. The summed E-state index contributed by atoms with van der Waals surface area (Å²) in [5, 5.41) is 12.2. The normalized spacial score (nSPS) is 14.3. The van der Waals surface area contributed by atoms with Gasteiger partial charge in [0.15, 0.2) is 10.8 Å².